The number of para-hydroxylation sites is 1. The van der Waals surface area contributed by atoms with E-state index in [1.807, 2.05) is 31.2 Å². The molecular formula is C23H21N3O3. The number of ether oxygens (including phenoxy) is 1. The lowest BCUT2D eigenvalue weighted by atomic mass is 10.1. The Labute approximate surface area is 169 Å². The van der Waals surface area contributed by atoms with Crippen LogP contribution in [-0.2, 0) is 0 Å². The summed E-state index contributed by atoms with van der Waals surface area (Å²) in [5.41, 5.74) is 5.68. The number of hydrazone groups is 1. The van der Waals surface area contributed by atoms with E-state index in [0.717, 1.165) is 11.1 Å². The monoisotopic (exact) mass is 387 g/mol. The van der Waals surface area contributed by atoms with Gasteiger partial charge in [0.15, 0.2) is 0 Å². The standard InChI is InChI=1S/C23H21N3O3/c1-16-7-9-17(10-8-16)15-24-26-23(28)20-5-3-4-6-21(20)25-22(27)18-11-13-19(29-2)14-12-18/h3-15H,1-2H3,(H,25,27)(H,26,28). The highest BCUT2D eigenvalue weighted by Crippen LogP contribution is 2.17. The van der Waals surface area contributed by atoms with E-state index in [4.69, 9.17) is 4.74 Å². The second kappa shape index (κ2) is 9.32. The average molecular weight is 387 g/mol. The second-order valence-electron chi connectivity index (χ2n) is 6.34. The van der Waals surface area contributed by atoms with Gasteiger partial charge in [0.05, 0.1) is 24.6 Å². The Morgan fingerprint density at radius 1 is 0.897 bits per heavy atom. The summed E-state index contributed by atoms with van der Waals surface area (Å²) in [4.78, 5) is 25.0. The lowest BCUT2D eigenvalue weighted by Crippen LogP contribution is -2.21. The van der Waals surface area contributed by atoms with Crippen molar-refractivity contribution < 1.29 is 14.3 Å². The van der Waals surface area contributed by atoms with Crippen molar-refractivity contribution in [3.63, 3.8) is 0 Å². The lowest BCUT2D eigenvalue weighted by Gasteiger charge is -2.10. The molecule has 0 atom stereocenters. The minimum atomic E-state index is -0.418. The Morgan fingerprint density at radius 3 is 2.28 bits per heavy atom. The fourth-order valence-corrected chi connectivity index (χ4v) is 2.61. The number of methoxy groups -OCH3 is 1. The van der Waals surface area contributed by atoms with Crippen molar-refractivity contribution >= 4 is 23.7 Å². The third-order valence-electron chi connectivity index (χ3n) is 4.23. The molecule has 2 amide bonds. The van der Waals surface area contributed by atoms with E-state index >= 15 is 0 Å². The number of anilines is 1. The van der Waals surface area contributed by atoms with Gasteiger partial charge in [-0.3, -0.25) is 9.59 Å². The molecule has 0 fully saturated rings. The molecule has 2 N–H and O–H groups in total. The molecule has 3 aromatic rings. The molecule has 0 bridgehead atoms. The summed E-state index contributed by atoms with van der Waals surface area (Å²) in [5.74, 6) is -0.0807. The number of amides is 2. The Morgan fingerprint density at radius 2 is 1.59 bits per heavy atom. The van der Waals surface area contributed by atoms with Gasteiger partial charge in [-0.15, -0.1) is 0 Å². The van der Waals surface area contributed by atoms with E-state index in [1.165, 1.54) is 0 Å². The Bertz CT molecular complexity index is 1030. The fourth-order valence-electron chi connectivity index (χ4n) is 2.61. The van der Waals surface area contributed by atoms with Gasteiger partial charge in [0, 0.05) is 5.56 Å². The third kappa shape index (κ3) is 5.29. The van der Waals surface area contributed by atoms with Crippen LogP contribution in [0.2, 0.25) is 0 Å². The molecule has 0 aromatic heterocycles. The van der Waals surface area contributed by atoms with Crippen molar-refractivity contribution in [1.29, 1.82) is 0 Å². The molecule has 0 heterocycles. The van der Waals surface area contributed by atoms with Crippen LogP contribution in [0.3, 0.4) is 0 Å². The number of aryl methyl sites for hydroxylation is 1. The molecule has 0 saturated heterocycles. The first-order valence-electron chi connectivity index (χ1n) is 9.01. The first-order valence-corrected chi connectivity index (χ1v) is 9.01. The number of benzene rings is 3. The Kier molecular flexibility index (Phi) is 6.37. The Balaban J connectivity index is 1.69. The van der Waals surface area contributed by atoms with Crippen molar-refractivity contribution in [1.82, 2.24) is 5.43 Å². The molecule has 3 aromatic carbocycles. The molecule has 6 heteroatoms. The van der Waals surface area contributed by atoms with E-state index in [-0.39, 0.29) is 5.91 Å². The van der Waals surface area contributed by atoms with Gasteiger partial charge in [-0.2, -0.15) is 5.10 Å². The molecule has 0 unspecified atom stereocenters. The molecule has 146 valence electrons. The maximum Gasteiger partial charge on any atom is 0.273 e. The van der Waals surface area contributed by atoms with E-state index in [1.54, 1.807) is 61.9 Å². The molecule has 0 spiro atoms. The van der Waals surface area contributed by atoms with Crippen LogP contribution in [0.15, 0.2) is 77.9 Å². The van der Waals surface area contributed by atoms with Crippen molar-refractivity contribution in [2.45, 2.75) is 6.92 Å². The molecule has 0 aliphatic heterocycles. The average Bonchev–Trinajstić information content (AvgIpc) is 2.75. The molecule has 6 nitrogen and oxygen atoms in total. The highest BCUT2D eigenvalue weighted by molar-refractivity contribution is 6.09. The largest absolute Gasteiger partial charge is 0.497 e. The fraction of sp³-hybridized carbons (Fsp3) is 0.0870. The summed E-state index contributed by atoms with van der Waals surface area (Å²) in [7, 11) is 1.56. The normalized spacial score (nSPS) is 10.6. The number of nitrogens with zero attached hydrogens (tertiary/aromatic N) is 1. The van der Waals surface area contributed by atoms with Gasteiger partial charge in [-0.25, -0.2) is 5.43 Å². The third-order valence-corrected chi connectivity index (χ3v) is 4.23. The predicted octanol–water partition coefficient (Wildman–Crippen LogP) is 4.02. The summed E-state index contributed by atoms with van der Waals surface area (Å²) in [5, 5.41) is 6.76. The number of carbonyl (C=O) groups is 2. The van der Waals surface area contributed by atoms with Gasteiger partial charge in [0.2, 0.25) is 0 Å². The molecular weight excluding hydrogens is 366 g/mol. The van der Waals surface area contributed by atoms with Crippen LogP contribution in [0.1, 0.15) is 31.8 Å². The van der Waals surface area contributed by atoms with Gasteiger partial charge < -0.3 is 10.1 Å². The van der Waals surface area contributed by atoms with Crippen LogP contribution in [0.5, 0.6) is 5.75 Å². The van der Waals surface area contributed by atoms with Crippen molar-refractivity contribution in [2.75, 3.05) is 12.4 Å². The van der Waals surface area contributed by atoms with Crippen molar-refractivity contribution in [3.8, 4) is 5.75 Å². The van der Waals surface area contributed by atoms with Crippen molar-refractivity contribution in [3.05, 3.63) is 95.1 Å². The highest BCUT2D eigenvalue weighted by atomic mass is 16.5. The quantitative estimate of drug-likeness (QED) is 0.495. The van der Waals surface area contributed by atoms with E-state index in [0.29, 0.717) is 22.6 Å². The lowest BCUT2D eigenvalue weighted by molar-refractivity contribution is 0.0956. The van der Waals surface area contributed by atoms with Crippen LogP contribution in [-0.4, -0.2) is 25.1 Å². The molecule has 0 aliphatic carbocycles. The van der Waals surface area contributed by atoms with Crippen LogP contribution in [0, 0.1) is 6.92 Å². The van der Waals surface area contributed by atoms with Crippen molar-refractivity contribution in [2.24, 2.45) is 5.10 Å². The zero-order valence-electron chi connectivity index (χ0n) is 16.2. The van der Waals surface area contributed by atoms with Crippen LogP contribution in [0.25, 0.3) is 0 Å². The maximum atomic E-state index is 12.5. The second-order valence-corrected chi connectivity index (χ2v) is 6.34. The molecule has 29 heavy (non-hydrogen) atoms. The van der Waals surface area contributed by atoms with Gasteiger partial charge in [-0.05, 0) is 48.9 Å². The van der Waals surface area contributed by atoms with Crippen LogP contribution < -0.4 is 15.5 Å². The molecule has 0 radical (unpaired) electrons. The number of carbonyl (C=O) groups excluding carboxylic acids is 2. The van der Waals surface area contributed by atoms with E-state index < -0.39 is 5.91 Å². The van der Waals surface area contributed by atoms with Gasteiger partial charge in [-0.1, -0.05) is 42.0 Å². The summed E-state index contributed by atoms with van der Waals surface area (Å²) in [6, 6.07) is 21.2. The first-order chi connectivity index (χ1) is 14.1. The smallest absolute Gasteiger partial charge is 0.273 e. The van der Waals surface area contributed by atoms with Gasteiger partial charge in [0.1, 0.15) is 5.75 Å². The predicted molar refractivity (Wildman–Crippen MR) is 114 cm³/mol. The first kappa shape index (κ1) is 19.8. The summed E-state index contributed by atoms with van der Waals surface area (Å²) in [6.45, 7) is 2.00. The highest BCUT2D eigenvalue weighted by Gasteiger charge is 2.13. The maximum absolute atomic E-state index is 12.5. The van der Waals surface area contributed by atoms with E-state index in [2.05, 4.69) is 15.8 Å². The molecule has 0 saturated carbocycles. The summed E-state index contributed by atoms with van der Waals surface area (Å²) < 4.78 is 5.09. The van der Waals surface area contributed by atoms with Gasteiger partial charge in [0.25, 0.3) is 11.8 Å². The Hall–Kier alpha value is -3.93. The SMILES string of the molecule is COc1ccc(C(=O)Nc2ccccc2C(=O)NN=Cc2ccc(C)cc2)cc1. The number of hydrogen-bond acceptors (Lipinski definition) is 4. The minimum Gasteiger partial charge on any atom is -0.497 e. The summed E-state index contributed by atoms with van der Waals surface area (Å²) >= 11 is 0. The van der Waals surface area contributed by atoms with Crippen LogP contribution >= 0.6 is 0 Å². The zero-order valence-corrected chi connectivity index (χ0v) is 16.2. The number of rotatable bonds is 6. The topological polar surface area (TPSA) is 79.8 Å². The zero-order chi connectivity index (χ0) is 20.6. The minimum absolute atomic E-state index is 0.315. The summed E-state index contributed by atoms with van der Waals surface area (Å²) in [6.07, 6.45) is 1.57. The molecule has 0 aliphatic rings. The molecule has 3 rings (SSSR count). The van der Waals surface area contributed by atoms with E-state index in [9.17, 15) is 9.59 Å². The van der Waals surface area contributed by atoms with Gasteiger partial charge >= 0.3 is 0 Å². The van der Waals surface area contributed by atoms with Crippen LogP contribution in [0.4, 0.5) is 5.69 Å². The number of nitrogens with one attached hydrogen (secondary N) is 2. The number of hydrogen-bond donors (Lipinski definition) is 2.